The van der Waals surface area contributed by atoms with Crippen LogP contribution in [0.25, 0.3) is 6.08 Å². The van der Waals surface area contributed by atoms with Crippen LogP contribution in [0.3, 0.4) is 0 Å². The van der Waals surface area contributed by atoms with Crippen LogP contribution >= 0.6 is 39.3 Å². The third-order valence-electron chi connectivity index (χ3n) is 5.00. The number of imide groups is 1. The highest BCUT2D eigenvalue weighted by Crippen LogP contribution is 2.40. The maximum atomic E-state index is 13.0. The second-order valence-corrected chi connectivity index (χ2v) is 9.81. The Kier molecular flexibility index (Phi) is 7.66. The topological polar surface area (TPSA) is 55.8 Å². The first kappa shape index (κ1) is 24.4. The molecule has 0 N–H and O–H groups in total. The molecule has 1 saturated heterocycles. The van der Waals surface area contributed by atoms with E-state index in [-0.39, 0.29) is 11.1 Å². The van der Waals surface area contributed by atoms with Crippen LogP contribution in [-0.4, -0.2) is 17.8 Å². The Morgan fingerprint density at radius 2 is 1.76 bits per heavy atom. The summed E-state index contributed by atoms with van der Waals surface area (Å²) in [6.07, 6.45) is 1.68. The fourth-order valence-corrected chi connectivity index (χ4v) is 4.82. The van der Waals surface area contributed by atoms with Gasteiger partial charge in [0, 0.05) is 9.50 Å². The van der Waals surface area contributed by atoms with Crippen LogP contribution in [-0.2, 0) is 11.4 Å². The van der Waals surface area contributed by atoms with Gasteiger partial charge in [-0.05, 0) is 79.2 Å². The molecule has 0 saturated carbocycles. The van der Waals surface area contributed by atoms with Crippen LogP contribution in [0.4, 0.5) is 10.5 Å². The van der Waals surface area contributed by atoms with Gasteiger partial charge in [0.2, 0.25) is 0 Å². The van der Waals surface area contributed by atoms with Crippen LogP contribution < -0.4 is 14.4 Å². The molecule has 0 aliphatic carbocycles. The SMILES string of the molecule is CCOc1cc(/C=C2/SC(=O)N(c3ccc(Cl)cc3)C2=O)c(Br)cc1OCc1cccc(C)c1. The average molecular weight is 559 g/mol. The lowest BCUT2D eigenvalue weighted by Gasteiger charge is -2.14. The van der Waals surface area contributed by atoms with Gasteiger partial charge in [-0.25, -0.2) is 4.90 Å². The number of ether oxygens (including phenoxy) is 2. The Labute approximate surface area is 215 Å². The molecular formula is C26H21BrClNO4S. The van der Waals surface area contributed by atoms with Crippen molar-refractivity contribution in [3.63, 3.8) is 0 Å². The van der Waals surface area contributed by atoms with Gasteiger partial charge < -0.3 is 9.47 Å². The van der Waals surface area contributed by atoms with Crippen molar-refractivity contribution < 1.29 is 19.1 Å². The molecule has 1 aliphatic rings. The van der Waals surface area contributed by atoms with Crippen molar-refractivity contribution in [2.24, 2.45) is 0 Å². The molecule has 8 heteroatoms. The largest absolute Gasteiger partial charge is 0.490 e. The van der Waals surface area contributed by atoms with Crippen molar-refractivity contribution in [3.8, 4) is 11.5 Å². The minimum Gasteiger partial charge on any atom is -0.490 e. The Bertz CT molecular complexity index is 1280. The van der Waals surface area contributed by atoms with Gasteiger partial charge in [-0.2, -0.15) is 0 Å². The highest BCUT2D eigenvalue weighted by molar-refractivity contribution is 9.10. The number of thioether (sulfide) groups is 1. The van der Waals surface area contributed by atoms with Crippen molar-refractivity contribution in [1.29, 1.82) is 0 Å². The van der Waals surface area contributed by atoms with E-state index >= 15 is 0 Å². The van der Waals surface area contributed by atoms with E-state index in [2.05, 4.69) is 22.0 Å². The molecule has 3 aromatic rings. The number of carbonyl (C=O) groups is 2. The van der Waals surface area contributed by atoms with Gasteiger partial charge in [0.1, 0.15) is 6.61 Å². The van der Waals surface area contributed by atoms with E-state index in [4.69, 9.17) is 21.1 Å². The lowest BCUT2D eigenvalue weighted by atomic mass is 10.1. The predicted molar refractivity (Wildman–Crippen MR) is 141 cm³/mol. The summed E-state index contributed by atoms with van der Waals surface area (Å²) in [4.78, 5) is 27.0. The van der Waals surface area contributed by atoms with Crippen LogP contribution in [0, 0.1) is 6.92 Å². The average Bonchev–Trinajstić information content (AvgIpc) is 3.08. The number of amides is 2. The first-order valence-corrected chi connectivity index (χ1v) is 12.5. The molecule has 0 aromatic heterocycles. The maximum absolute atomic E-state index is 13.0. The predicted octanol–water partition coefficient (Wildman–Crippen LogP) is 7.63. The van der Waals surface area contributed by atoms with E-state index in [0.717, 1.165) is 27.8 Å². The summed E-state index contributed by atoms with van der Waals surface area (Å²) < 4.78 is 12.6. The lowest BCUT2D eigenvalue weighted by molar-refractivity contribution is -0.113. The monoisotopic (exact) mass is 557 g/mol. The minimum atomic E-state index is -0.387. The van der Waals surface area contributed by atoms with Crippen LogP contribution in [0.15, 0.2) is 70.0 Å². The highest BCUT2D eigenvalue weighted by Gasteiger charge is 2.36. The van der Waals surface area contributed by atoms with Crippen molar-refractivity contribution in [2.45, 2.75) is 20.5 Å². The third-order valence-corrected chi connectivity index (χ3v) is 6.81. The fourth-order valence-electron chi connectivity index (χ4n) is 3.43. The Balaban J connectivity index is 1.60. The van der Waals surface area contributed by atoms with Crippen LogP contribution in [0.1, 0.15) is 23.6 Å². The van der Waals surface area contributed by atoms with E-state index in [1.165, 1.54) is 0 Å². The molecule has 0 radical (unpaired) electrons. The van der Waals surface area contributed by atoms with Gasteiger partial charge in [0.15, 0.2) is 11.5 Å². The van der Waals surface area contributed by atoms with E-state index in [1.54, 1.807) is 36.4 Å². The van der Waals surface area contributed by atoms with Gasteiger partial charge in [0.05, 0.1) is 17.2 Å². The van der Waals surface area contributed by atoms with Crippen molar-refractivity contribution in [3.05, 3.63) is 91.8 Å². The van der Waals surface area contributed by atoms with Gasteiger partial charge >= 0.3 is 0 Å². The second-order valence-electron chi connectivity index (χ2n) is 7.52. The summed E-state index contributed by atoms with van der Waals surface area (Å²) in [7, 11) is 0. The summed E-state index contributed by atoms with van der Waals surface area (Å²) >= 11 is 10.4. The third kappa shape index (κ3) is 5.49. The van der Waals surface area contributed by atoms with E-state index in [1.807, 2.05) is 38.1 Å². The van der Waals surface area contributed by atoms with Crippen molar-refractivity contribution in [2.75, 3.05) is 11.5 Å². The minimum absolute atomic E-state index is 0.316. The van der Waals surface area contributed by atoms with Gasteiger partial charge in [0.25, 0.3) is 11.1 Å². The van der Waals surface area contributed by atoms with E-state index in [0.29, 0.717) is 50.4 Å². The summed E-state index contributed by atoms with van der Waals surface area (Å²) in [5.74, 6) is 0.755. The Morgan fingerprint density at radius 1 is 1.03 bits per heavy atom. The molecule has 34 heavy (non-hydrogen) atoms. The Hall–Kier alpha value is -2.74. The molecular weight excluding hydrogens is 538 g/mol. The van der Waals surface area contributed by atoms with Gasteiger partial charge in [-0.15, -0.1) is 0 Å². The zero-order valence-corrected chi connectivity index (χ0v) is 21.7. The zero-order valence-electron chi connectivity index (χ0n) is 18.5. The number of rotatable bonds is 7. The first-order chi connectivity index (χ1) is 16.4. The molecule has 0 spiro atoms. The summed E-state index contributed by atoms with van der Waals surface area (Å²) in [6.45, 7) is 4.78. The van der Waals surface area contributed by atoms with Crippen molar-refractivity contribution >= 4 is 62.2 Å². The van der Waals surface area contributed by atoms with Crippen LogP contribution in [0.2, 0.25) is 5.02 Å². The molecule has 5 nitrogen and oxygen atoms in total. The van der Waals surface area contributed by atoms with Crippen molar-refractivity contribution in [1.82, 2.24) is 0 Å². The standard InChI is InChI=1S/C26H21BrClNO4S/c1-3-32-22-12-18(21(27)14-23(22)33-15-17-6-4-5-16(2)11-17)13-24-25(30)29(26(31)34-24)20-9-7-19(28)8-10-20/h4-14H,3,15H2,1-2H3/b24-13+. The number of nitrogens with zero attached hydrogens (tertiary/aromatic N) is 1. The summed E-state index contributed by atoms with van der Waals surface area (Å²) in [5, 5.41) is 0.168. The summed E-state index contributed by atoms with van der Waals surface area (Å²) in [6, 6.07) is 18.3. The number of hydrogen-bond acceptors (Lipinski definition) is 5. The number of halogens is 2. The molecule has 1 heterocycles. The number of anilines is 1. The molecule has 0 unspecified atom stereocenters. The smallest absolute Gasteiger partial charge is 0.298 e. The normalized spacial score (nSPS) is 14.7. The quantitative estimate of drug-likeness (QED) is 0.279. The molecule has 1 fully saturated rings. The molecule has 0 atom stereocenters. The van der Waals surface area contributed by atoms with Crippen LogP contribution in [0.5, 0.6) is 11.5 Å². The van der Waals surface area contributed by atoms with Gasteiger partial charge in [-0.1, -0.05) is 57.4 Å². The second kappa shape index (κ2) is 10.7. The lowest BCUT2D eigenvalue weighted by Crippen LogP contribution is -2.27. The van der Waals surface area contributed by atoms with E-state index < -0.39 is 0 Å². The number of benzene rings is 3. The molecule has 174 valence electrons. The summed E-state index contributed by atoms with van der Waals surface area (Å²) in [5.41, 5.74) is 3.39. The Morgan fingerprint density at radius 3 is 2.47 bits per heavy atom. The molecule has 2 amide bonds. The highest BCUT2D eigenvalue weighted by atomic mass is 79.9. The zero-order chi connectivity index (χ0) is 24.2. The molecule has 3 aromatic carbocycles. The molecule has 1 aliphatic heterocycles. The fraction of sp³-hybridized carbons (Fsp3) is 0.154. The molecule has 4 rings (SSSR count). The number of hydrogen-bond donors (Lipinski definition) is 0. The molecule has 0 bridgehead atoms. The number of carbonyl (C=O) groups excluding carboxylic acids is 2. The first-order valence-electron chi connectivity index (χ1n) is 10.5. The van der Waals surface area contributed by atoms with E-state index in [9.17, 15) is 9.59 Å². The van der Waals surface area contributed by atoms with Gasteiger partial charge in [-0.3, -0.25) is 9.59 Å². The number of aryl methyl sites for hydroxylation is 1. The maximum Gasteiger partial charge on any atom is 0.298 e.